The highest BCUT2D eigenvalue weighted by molar-refractivity contribution is 9.10. The molecule has 0 saturated heterocycles. The number of rotatable bonds is 3. The average molecular weight is 391 g/mol. The van der Waals surface area contributed by atoms with Crippen LogP contribution in [0.25, 0.3) is 23.1 Å². The monoisotopic (exact) mass is 389 g/mol. The highest BCUT2D eigenvalue weighted by Gasteiger charge is 2.07. The first-order valence-electron chi connectivity index (χ1n) is 6.88. The topological polar surface area (TPSA) is 42.4 Å². The molecule has 0 amide bonds. The van der Waals surface area contributed by atoms with E-state index < -0.39 is 0 Å². The largest absolute Gasteiger partial charge is 0.506 e. The first kappa shape index (κ1) is 15.8. The van der Waals surface area contributed by atoms with Gasteiger partial charge < -0.3 is 9.84 Å². The number of methoxy groups -OCH3 is 1. The zero-order chi connectivity index (χ0) is 16.4. The molecule has 116 valence electrons. The lowest BCUT2D eigenvalue weighted by Gasteiger charge is -2.08. The highest BCUT2D eigenvalue weighted by Crippen LogP contribution is 2.33. The average Bonchev–Trinajstić information content (AvgIpc) is 2.53. The minimum Gasteiger partial charge on any atom is -0.506 e. The second-order valence-electron chi connectivity index (χ2n) is 4.93. The molecule has 3 aromatic rings. The van der Waals surface area contributed by atoms with Crippen molar-refractivity contribution in [1.29, 1.82) is 0 Å². The highest BCUT2D eigenvalue weighted by atomic mass is 79.9. The van der Waals surface area contributed by atoms with Gasteiger partial charge in [0.05, 0.1) is 17.3 Å². The Kier molecular flexibility index (Phi) is 4.55. The number of hydrogen-bond acceptors (Lipinski definition) is 3. The number of ether oxygens (including phenoxy) is 1. The molecule has 0 atom stereocenters. The van der Waals surface area contributed by atoms with Crippen LogP contribution >= 0.6 is 27.5 Å². The molecule has 0 radical (unpaired) electrons. The van der Waals surface area contributed by atoms with Crippen LogP contribution < -0.4 is 4.74 Å². The van der Waals surface area contributed by atoms with Gasteiger partial charge in [-0.05, 0) is 52.3 Å². The summed E-state index contributed by atoms with van der Waals surface area (Å²) in [5, 5.41) is 11.4. The van der Waals surface area contributed by atoms with Gasteiger partial charge in [-0.25, -0.2) is 4.98 Å². The zero-order valence-corrected chi connectivity index (χ0v) is 14.6. The first-order chi connectivity index (χ1) is 11.1. The Labute approximate surface area is 147 Å². The summed E-state index contributed by atoms with van der Waals surface area (Å²) >= 11 is 9.53. The summed E-state index contributed by atoms with van der Waals surface area (Å²) in [6.07, 6.45) is 3.73. The molecular formula is C18H13BrClNO2. The van der Waals surface area contributed by atoms with Gasteiger partial charge in [0.1, 0.15) is 17.0 Å². The van der Waals surface area contributed by atoms with E-state index in [0.717, 1.165) is 21.1 Å². The molecule has 0 spiro atoms. The summed E-state index contributed by atoms with van der Waals surface area (Å²) < 4.78 is 6.18. The van der Waals surface area contributed by atoms with Crippen molar-refractivity contribution in [2.75, 3.05) is 7.11 Å². The summed E-state index contributed by atoms with van der Waals surface area (Å²) in [5.41, 5.74) is 2.15. The predicted molar refractivity (Wildman–Crippen MR) is 98.0 cm³/mol. The molecule has 23 heavy (non-hydrogen) atoms. The van der Waals surface area contributed by atoms with Crippen molar-refractivity contribution in [1.82, 2.24) is 4.98 Å². The van der Waals surface area contributed by atoms with Crippen molar-refractivity contribution in [3.8, 4) is 11.5 Å². The number of halogens is 2. The van der Waals surface area contributed by atoms with E-state index in [4.69, 9.17) is 16.3 Å². The fourth-order valence-corrected chi connectivity index (χ4v) is 3.33. The molecule has 0 saturated carbocycles. The lowest BCUT2D eigenvalue weighted by Crippen LogP contribution is -1.89. The van der Waals surface area contributed by atoms with Crippen LogP contribution in [0, 0.1) is 0 Å². The third-order valence-corrected chi connectivity index (χ3v) is 4.20. The van der Waals surface area contributed by atoms with Crippen LogP contribution in [-0.4, -0.2) is 17.2 Å². The predicted octanol–water partition coefficient (Wildman–Crippen LogP) is 5.54. The third kappa shape index (κ3) is 3.33. The fourth-order valence-electron chi connectivity index (χ4n) is 2.33. The number of nitrogens with zero attached hydrogens (tertiary/aromatic N) is 1. The van der Waals surface area contributed by atoms with E-state index in [1.165, 1.54) is 0 Å². The Balaban J connectivity index is 2.02. The standard InChI is InChI=1S/C18H13BrClNO2/c1-23-18-12(9-13(20)10-15(18)19)6-8-14-7-5-11-3-2-4-16(22)17(11)21-14/h2-10,22H,1H3/b8-6+. The van der Waals surface area contributed by atoms with Gasteiger partial charge in [-0.2, -0.15) is 0 Å². The lowest BCUT2D eigenvalue weighted by atomic mass is 10.1. The number of phenols is 1. The first-order valence-corrected chi connectivity index (χ1v) is 8.05. The number of benzene rings is 2. The van der Waals surface area contributed by atoms with Gasteiger partial charge in [-0.1, -0.05) is 29.8 Å². The summed E-state index contributed by atoms with van der Waals surface area (Å²) in [5.74, 6) is 0.870. The van der Waals surface area contributed by atoms with E-state index in [1.54, 1.807) is 25.3 Å². The molecule has 0 aliphatic rings. The van der Waals surface area contributed by atoms with Crippen molar-refractivity contribution in [3.63, 3.8) is 0 Å². The molecule has 3 rings (SSSR count). The number of aromatic hydroxyl groups is 1. The fraction of sp³-hybridized carbons (Fsp3) is 0.0556. The van der Waals surface area contributed by atoms with Gasteiger partial charge in [0, 0.05) is 16.0 Å². The summed E-state index contributed by atoms with van der Waals surface area (Å²) in [6, 6.07) is 12.7. The van der Waals surface area contributed by atoms with Crippen LogP contribution in [0.4, 0.5) is 0 Å². The smallest absolute Gasteiger partial charge is 0.141 e. The van der Waals surface area contributed by atoms with E-state index in [9.17, 15) is 5.11 Å². The van der Waals surface area contributed by atoms with Crippen molar-refractivity contribution in [3.05, 3.63) is 63.2 Å². The van der Waals surface area contributed by atoms with Crippen LogP contribution in [0.1, 0.15) is 11.3 Å². The molecule has 3 nitrogen and oxygen atoms in total. The van der Waals surface area contributed by atoms with Crippen LogP contribution in [0.3, 0.4) is 0 Å². The second-order valence-corrected chi connectivity index (χ2v) is 6.22. The second kappa shape index (κ2) is 6.60. The lowest BCUT2D eigenvalue weighted by molar-refractivity contribution is 0.411. The number of phenolic OH excluding ortho intramolecular Hbond substituents is 1. The number of hydrogen-bond donors (Lipinski definition) is 1. The summed E-state index contributed by atoms with van der Waals surface area (Å²) in [4.78, 5) is 4.47. The molecule has 0 unspecified atom stereocenters. The Hall–Kier alpha value is -2.04. The van der Waals surface area contributed by atoms with E-state index in [-0.39, 0.29) is 5.75 Å². The number of fused-ring (bicyclic) bond motifs is 1. The van der Waals surface area contributed by atoms with Crippen LogP contribution in [0.5, 0.6) is 11.5 Å². The van der Waals surface area contributed by atoms with Gasteiger partial charge in [0.2, 0.25) is 0 Å². The van der Waals surface area contributed by atoms with Crippen molar-refractivity contribution < 1.29 is 9.84 Å². The molecule has 1 aromatic heterocycles. The van der Waals surface area contributed by atoms with Gasteiger partial charge in [0.25, 0.3) is 0 Å². The minimum atomic E-state index is 0.167. The Bertz CT molecular complexity index is 909. The third-order valence-electron chi connectivity index (χ3n) is 3.40. The molecule has 0 aliphatic carbocycles. The van der Waals surface area contributed by atoms with Crippen LogP contribution in [-0.2, 0) is 0 Å². The minimum absolute atomic E-state index is 0.167. The maximum absolute atomic E-state index is 9.91. The van der Waals surface area contributed by atoms with Gasteiger partial charge >= 0.3 is 0 Å². The molecule has 0 aliphatic heterocycles. The number of para-hydroxylation sites is 1. The Morgan fingerprint density at radius 3 is 2.78 bits per heavy atom. The van der Waals surface area contributed by atoms with Crippen molar-refractivity contribution in [2.24, 2.45) is 0 Å². The molecule has 0 bridgehead atoms. The van der Waals surface area contributed by atoms with Gasteiger partial charge in [-0.3, -0.25) is 0 Å². The van der Waals surface area contributed by atoms with Gasteiger partial charge in [-0.15, -0.1) is 0 Å². The zero-order valence-electron chi connectivity index (χ0n) is 12.3. The maximum atomic E-state index is 9.91. The Morgan fingerprint density at radius 2 is 2.00 bits per heavy atom. The van der Waals surface area contributed by atoms with E-state index in [0.29, 0.717) is 16.3 Å². The van der Waals surface area contributed by atoms with E-state index in [1.807, 2.05) is 36.4 Å². The molecular weight excluding hydrogens is 378 g/mol. The normalized spacial score (nSPS) is 11.3. The van der Waals surface area contributed by atoms with Crippen LogP contribution in [0.2, 0.25) is 5.02 Å². The van der Waals surface area contributed by atoms with Crippen LogP contribution in [0.15, 0.2) is 46.9 Å². The van der Waals surface area contributed by atoms with Gasteiger partial charge in [0.15, 0.2) is 0 Å². The Morgan fingerprint density at radius 1 is 1.17 bits per heavy atom. The van der Waals surface area contributed by atoms with E-state index in [2.05, 4.69) is 20.9 Å². The molecule has 5 heteroatoms. The molecule has 1 N–H and O–H groups in total. The summed E-state index contributed by atoms with van der Waals surface area (Å²) in [7, 11) is 1.61. The maximum Gasteiger partial charge on any atom is 0.141 e. The molecule has 2 aromatic carbocycles. The quantitative estimate of drug-likeness (QED) is 0.639. The van der Waals surface area contributed by atoms with E-state index >= 15 is 0 Å². The molecule has 1 heterocycles. The summed E-state index contributed by atoms with van der Waals surface area (Å²) in [6.45, 7) is 0. The number of pyridine rings is 1. The SMILES string of the molecule is COc1c(Br)cc(Cl)cc1/C=C/c1ccc2cccc(O)c2n1. The van der Waals surface area contributed by atoms with Crippen molar-refractivity contribution in [2.45, 2.75) is 0 Å². The van der Waals surface area contributed by atoms with Crippen molar-refractivity contribution >= 4 is 50.6 Å². The number of aromatic nitrogens is 1. The molecule has 0 fully saturated rings.